The molecule has 0 fully saturated rings. The number of fused-ring (bicyclic) bond motifs is 6. The molecule has 2 aromatic carbocycles. The van der Waals surface area contributed by atoms with Gasteiger partial charge in [-0.25, -0.2) is 19.6 Å². The molecule has 6 aromatic rings. The quantitative estimate of drug-likeness (QED) is 0.0994. The van der Waals surface area contributed by atoms with Gasteiger partial charge >= 0.3 is 40.8 Å². The molecular weight excluding hydrogens is 651 g/mol. The molecule has 0 saturated heterocycles. The first kappa shape index (κ1) is 37.9. The number of rotatable bonds is 9. The Labute approximate surface area is 298 Å². The van der Waals surface area contributed by atoms with Crippen molar-refractivity contribution in [1.29, 1.82) is 0 Å². The molecule has 46 heavy (non-hydrogen) atoms. The number of aromatic amines is 1. The molecule has 0 spiro atoms. The van der Waals surface area contributed by atoms with Crippen molar-refractivity contribution in [2.45, 2.75) is 58.1 Å². The molecule has 0 aliphatic carbocycles. The molecule has 4 heterocycles. The molecule has 6 rings (SSSR count). The van der Waals surface area contributed by atoms with Crippen molar-refractivity contribution in [2.24, 2.45) is 0 Å². The largest absolute Gasteiger partial charge is 1.00 e. The second-order valence-corrected chi connectivity index (χ2v) is 24.4. The monoisotopic (exact) mass is 692 g/mol. The number of para-hydroxylation sites is 2. The van der Waals surface area contributed by atoms with Crippen LogP contribution in [0.25, 0.3) is 44.0 Å². The van der Waals surface area contributed by atoms with Crippen LogP contribution >= 0.6 is 11.6 Å². The van der Waals surface area contributed by atoms with Gasteiger partial charge < -0.3 is 29.3 Å². The number of hydrogen-bond donors (Lipinski definition) is 1. The van der Waals surface area contributed by atoms with Crippen LogP contribution in [0.3, 0.4) is 0 Å². The summed E-state index contributed by atoms with van der Waals surface area (Å²) in [7, 11) is -1.98. The number of imidazole rings is 2. The number of halogens is 1. The molecule has 4 aromatic heterocycles. The summed E-state index contributed by atoms with van der Waals surface area (Å²) in [4.78, 5) is 34.4. The Morgan fingerprint density at radius 2 is 1.37 bits per heavy atom. The van der Waals surface area contributed by atoms with Crippen LogP contribution in [-0.2, 0) is 16.2 Å². The molecule has 1 N–H and O–H groups in total. The first-order valence-corrected chi connectivity index (χ1v) is 22.8. The fourth-order valence-electron chi connectivity index (χ4n) is 4.34. The van der Waals surface area contributed by atoms with E-state index in [1.807, 2.05) is 41.0 Å². The third-order valence-electron chi connectivity index (χ3n) is 6.86. The van der Waals surface area contributed by atoms with E-state index in [0.717, 1.165) is 35.5 Å². The van der Waals surface area contributed by atoms with Crippen LogP contribution in [0, 0.1) is 0 Å². The van der Waals surface area contributed by atoms with Crippen LogP contribution in [0.5, 0.6) is 0 Å². The molecule has 242 valence electrons. The third-order valence-corrected chi connectivity index (χ3v) is 10.4. The Morgan fingerprint density at radius 1 is 0.804 bits per heavy atom. The molecule has 0 amide bonds. The van der Waals surface area contributed by atoms with E-state index in [4.69, 9.17) is 29.9 Å². The van der Waals surface area contributed by atoms with Crippen molar-refractivity contribution in [2.75, 3.05) is 19.3 Å². The maximum Gasteiger partial charge on any atom is 1.00 e. The van der Waals surface area contributed by atoms with Gasteiger partial charge in [-0.05, 0) is 36.4 Å². The van der Waals surface area contributed by atoms with E-state index in [-0.39, 0.29) is 36.6 Å². The molecule has 10 nitrogen and oxygen atoms in total. The van der Waals surface area contributed by atoms with Crippen LogP contribution in [0.4, 0.5) is 0 Å². The fraction of sp³-hybridized carbons (Fsp3) is 0.375. The Bertz CT molecular complexity index is 1980. The second kappa shape index (κ2) is 17.0. The van der Waals surface area contributed by atoms with E-state index >= 15 is 0 Å². The van der Waals surface area contributed by atoms with Crippen molar-refractivity contribution in [3.05, 3.63) is 82.0 Å². The summed E-state index contributed by atoms with van der Waals surface area (Å²) < 4.78 is 23.1. The molecule has 0 aliphatic rings. The average molecular weight is 693 g/mol. The molecule has 0 atom stereocenters. The van der Waals surface area contributed by atoms with E-state index in [1.54, 1.807) is 18.5 Å². The summed E-state index contributed by atoms with van der Waals surface area (Å²) in [5.41, 5.74) is 2.57. The topological polar surface area (TPSA) is 125 Å². The number of aromatic nitrogens is 4. The van der Waals surface area contributed by atoms with Gasteiger partial charge in [0.05, 0.1) is 18.2 Å². The summed E-state index contributed by atoms with van der Waals surface area (Å²) >= 11 is 5.32. The number of nitrogens with zero attached hydrogens (tertiary/aromatic N) is 3. The molecule has 0 radical (unpaired) electrons. The molecule has 0 aliphatic heterocycles. The van der Waals surface area contributed by atoms with Crippen molar-refractivity contribution in [1.82, 2.24) is 19.5 Å². The Morgan fingerprint density at radius 3 is 2.00 bits per heavy atom. The predicted molar refractivity (Wildman–Crippen MR) is 188 cm³/mol. The molecule has 0 unspecified atom stereocenters. The van der Waals surface area contributed by atoms with Crippen LogP contribution in [-0.4, -0.2) is 54.9 Å². The predicted octanol–water partition coefficient (Wildman–Crippen LogP) is 4.78. The smallest absolute Gasteiger partial charge is 1.00 e. The minimum absolute atomic E-state index is 0. The van der Waals surface area contributed by atoms with E-state index in [2.05, 4.69) is 54.2 Å². The zero-order valence-electron chi connectivity index (χ0n) is 28.7. The Hall–Kier alpha value is -2.56. The molecular formula is C32H42ClN4NaO6Si2. The average Bonchev–Trinajstić information content (AvgIpc) is 3.65. The van der Waals surface area contributed by atoms with Gasteiger partial charge in [0.1, 0.15) is 29.5 Å². The summed E-state index contributed by atoms with van der Waals surface area (Å²) in [6, 6.07) is 17.5. The number of hydrogen-bond acceptors (Lipinski definition) is 8. The van der Waals surface area contributed by atoms with E-state index < -0.39 is 21.8 Å². The zero-order chi connectivity index (χ0) is 32.6. The minimum Gasteiger partial charge on any atom is -1.00 e. The first-order chi connectivity index (χ1) is 21.4. The first-order valence-electron chi connectivity index (χ1n) is 14.8. The van der Waals surface area contributed by atoms with Gasteiger partial charge in [0.15, 0.2) is 11.0 Å². The summed E-state index contributed by atoms with van der Waals surface area (Å²) in [6.45, 7) is 15.9. The SMILES string of the molecule is C[Si](C)(C)CCOCCl.C[Si](C)(C)CCOCn1cnc2c(=O)oc3ccccc3c21.O=c1oc2ccccc2c2nc[nH]c12.[H-].[Na+]. The van der Waals surface area contributed by atoms with E-state index in [0.29, 0.717) is 40.5 Å². The minimum atomic E-state index is -1.10. The number of alkyl halides is 1. The summed E-state index contributed by atoms with van der Waals surface area (Å²) in [5, 5.41) is 1.73. The van der Waals surface area contributed by atoms with Gasteiger partial charge in [0, 0.05) is 40.1 Å². The maximum absolute atomic E-state index is 12.0. The Kier molecular flexibility index (Phi) is 14.0. The van der Waals surface area contributed by atoms with Gasteiger partial charge in [-0.1, -0.05) is 75.1 Å². The van der Waals surface area contributed by atoms with Crippen molar-refractivity contribution in [3.8, 4) is 0 Å². The third kappa shape index (κ3) is 10.5. The zero-order valence-corrected chi connectivity index (χ0v) is 32.4. The van der Waals surface area contributed by atoms with Crippen molar-refractivity contribution < 1.29 is 49.3 Å². The number of H-pyrrole nitrogens is 1. The van der Waals surface area contributed by atoms with Gasteiger partial charge in [-0.3, -0.25) is 0 Å². The van der Waals surface area contributed by atoms with Crippen LogP contribution in [0.2, 0.25) is 51.4 Å². The van der Waals surface area contributed by atoms with Crippen LogP contribution in [0.15, 0.2) is 79.6 Å². The summed E-state index contributed by atoms with van der Waals surface area (Å²) in [5.74, 6) is 0. The van der Waals surface area contributed by atoms with Gasteiger partial charge in [-0.2, -0.15) is 0 Å². The standard InChI is InChI=1S/C16H20N2O3Si.C10H6N2O2.C6H15ClOSi.Na.H/c1-22(2,3)9-8-20-11-18-10-17-14-15(18)12-6-4-5-7-13(12)21-16(14)19;13-10-9-8(11-5-12-9)6-3-1-2-4-7(6)14-10;1-9(2,3)5-4-8-6-7;;/h4-7,10H,8-9,11H2,1-3H3;1-5H,(H,11,12);4-6H2,1-3H3;;/q;;;+1;-1. The van der Waals surface area contributed by atoms with Crippen LogP contribution in [0.1, 0.15) is 1.43 Å². The molecule has 14 heteroatoms. The van der Waals surface area contributed by atoms with E-state index in [9.17, 15) is 9.59 Å². The van der Waals surface area contributed by atoms with Crippen molar-refractivity contribution >= 4 is 71.8 Å². The number of nitrogens with one attached hydrogen (secondary N) is 1. The summed E-state index contributed by atoms with van der Waals surface area (Å²) in [6.07, 6.45) is 3.14. The second-order valence-electron chi connectivity index (χ2n) is 13.0. The van der Waals surface area contributed by atoms with Gasteiger partial charge in [0.2, 0.25) is 0 Å². The Balaban J connectivity index is 0.000000265. The normalized spacial score (nSPS) is 11.6. The van der Waals surface area contributed by atoms with Crippen molar-refractivity contribution in [3.63, 3.8) is 0 Å². The van der Waals surface area contributed by atoms with Gasteiger partial charge in [0.25, 0.3) is 0 Å². The van der Waals surface area contributed by atoms with Gasteiger partial charge in [-0.15, -0.1) is 0 Å². The van der Waals surface area contributed by atoms with Crippen LogP contribution < -0.4 is 40.8 Å². The fourth-order valence-corrected chi connectivity index (χ4v) is 5.96. The maximum atomic E-state index is 12.0. The number of ether oxygens (including phenoxy) is 2. The van der Waals surface area contributed by atoms with E-state index in [1.165, 1.54) is 12.4 Å². The number of benzene rings is 2. The molecule has 0 bridgehead atoms. The molecule has 0 saturated carbocycles.